The van der Waals surface area contributed by atoms with Gasteiger partial charge in [-0.15, -0.1) is 10.2 Å². The molecule has 2 N–H and O–H groups in total. The number of carbonyl (C=O) groups is 4. The molecule has 3 aromatic heterocycles. The normalized spacial score (nSPS) is 20.7. The molecule has 4 aliphatic heterocycles. The van der Waals surface area contributed by atoms with Crippen LogP contribution in [-0.2, 0) is 39.6 Å². The van der Waals surface area contributed by atoms with E-state index in [4.69, 9.17) is 36.1 Å². The Bertz CT molecular complexity index is 3180. The number of nitrogens with one attached hydrogen (secondary N) is 1. The molecule has 0 radical (unpaired) electrons. The van der Waals surface area contributed by atoms with E-state index in [1.165, 1.54) is 0 Å². The second kappa shape index (κ2) is 21.5. The van der Waals surface area contributed by atoms with Crippen LogP contribution < -0.4 is 25.2 Å². The second-order valence-electron chi connectivity index (χ2n) is 21.1. The third-order valence-electron chi connectivity index (χ3n) is 15.8. The number of nitriles is 1. The number of amides is 3. The Hall–Kier alpha value is -7.14. The summed E-state index contributed by atoms with van der Waals surface area (Å²) in [4.78, 5) is 80.8. The predicted molar refractivity (Wildman–Crippen MR) is 282 cm³/mol. The van der Waals surface area contributed by atoms with Gasteiger partial charge in [0.25, 0.3) is 11.5 Å². The van der Waals surface area contributed by atoms with E-state index in [0.717, 1.165) is 42.2 Å². The van der Waals surface area contributed by atoms with Crippen molar-refractivity contribution < 1.29 is 38.5 Å². The number of aliphatic hydroxyl groups is 1. The number of esters is 1. The lowest BCUT2D eigenvalue weighted by atomic mass is 9.86. The van der Waals surface area contributed by atoms with Crippen molar-refractivity contribution in [3.8, 4) is 29.0 Å². The molecule has 2 saturated heterocycles. The SMILES string of the molecule is CC[C@@]1(O)C(=O)OCc2c1cc1n(c2=O)Cc2cc3c(CN4CCN(C(=O)C5CCN(c6ccc(C(=O)NC7CCC(Oc8ccc(C#N)c(Cl)c8)CC7)nn6)CC5)CC4)c(OC(=O)N(C(C)C)C(C)C)ccc3nc2-1. The Morgan fingerprint density at radius 1 is 0.934 bits per heavy atom. The largest absolute Gasteiger partial charge is 0.490 e. The summed E-state index contributed by atoms with van der Waals surface area (Å²) in [5.41, 5.74) is 2.08. The van der Waals surface area contributed by atoms with Crippen molar-refractivity contribution in [3.63, 3.8) is 0 Å². The summed E-state index contributed by atoms with van der Waals surface area (Å²) in [5, 5.41) is 33.4. The highest BCUT2D eigenvalue weighted by Crippen LogP contribution is 2.41. The van der Waals surface area contributed by atoms with Crippen LogP contribution >= 0.6 is 11.6 Å². The first-order valence-corrected chi connectivity index (χ1v) is 26.8. The van der Waals surface area contributed by atoms with Gasteiger partial charge < -0.3 is 43.9 Å². The van der Waals surface area contributed by atoms with E-state index in [9.17, 15) is 29.1 Å². The minimum atomic E-state index is -1.94. The van der Waals surface area contributed by atoms with E-state index in [0.29, 0.717) is 103 Å². The number of halogens is 1. The van der Waals surface area contributed by atoms with Gasteiger partial charge >= 0.3 is 12.1 Å². The Morgan fingerprint density at radius 3 is 2.33 bits per heavy atom. The quantitative estimate of drug-likeness (QED) is 0.122. The van der Waals surface area contributed by atoms with E-state index in [1.807, 2.05) is 50.8 Å². The number of benzene rings is 2. The molecule has 1 saturated carbocycles. The van der Waals surface area contributed by atoms with Crippen molar-refractivity contribution in [2.75, 3.05) is 44.2 Å². The number of nitrogens with zero attached hydrogens (tertiary/aromatic N) is 9. The van der Waals surface area contributed by atoms with Gasteiger partial charge in [0, 0.05) is 98.0 Å². The van der Waals surface area contributed by atoms with Crippen molar-refractivity contribution in [2.24, 2.45) is 5.92 Å². The minimum Gasteiger partial charge on any atom is -0.490 e. The zero-order valence-corrected chi connectivity index (χ0v) is 44.3. The van der Waals surface area contributed by atoms with E-state index in [2.05, 4.69) is 31.4 Å². The number of carbonyl (C=O) groups excluding carboxylic acids is 4. The number of cyclic esters (lactones) is 1. The van der Waals surface area contributed by atoms with Gasteiger partial charge in [-0.2, -0.15) is 5.26 Å². The molecule has 10 rings (SSSR count). The molecule has 1 atom stereocenters. The minimum absolute atomic E-state index is 0.0146. The monoisotopic (exact) mass is 1050 g/mol. The molecule has 19 nitrogen and oxygen atoms in total. The number of pyridine rings is 2. The van der Waals surface area contributed by atoms with Gasteiger partial charge in [-0.25, -0.2) is 14.6 Å². The number of anilines is 1. The van der Waals surface area contributed by atoms with Crippen molar-refractivity contribution >= 4 is 52.2 Å². The van der Waals surface area contributed by atoms with E-state index < -0.39 is 17.7 Å². The van der Waals surface area contributed by atoms with Crippen LogP contribution in [0.4, 0.5) is 10.6 Å². The molecule has 5 aliphatic rings. The molecule has 1 aliphatic carbocycles. The number of hydrogen-bond donors (Lipinski definition) is 2. The molecule has 2 aromatic carbocycles. The summed E-state index contributed by atoms with van der Waals surface area (Å²) in [6.07, 6.45) is 3.88. The molecule has 398 valence electrons. The summed E-state index contributed by atoms with van der Waals surface area (Å²) in [6, 6.07) is 17.6. The van der Waals surface area contributed by atoms with Gasteiger partial charge in [0.15, 0.2) is 17.1 Å². The standard InChI is InChI=1S/C56H63ClN10O9/c1-6-56(73)43-27-47-50-36(29-66(47)53(70)42(43)31-74-54(56)71)25-40-41(48(15-13-45(40)60-50)76-55(72)67(32(2)3)33(4)5)30-63-21-23-65(24-22-63)52(69)34-17-19-64(20-18-34)49-16-14-46(61-62-49)51(68)59-37-8-11-38(12-9-37)75-39-10-7-35(28-58)44(57)26-39/h7,10,13-16,25-27,32-34,37-38,73H,6,8-9,11-12,17-24,29-31H2,1-5H3,(H,59,68)/t37?,38?,56-/m0/s1. The summed E-state index contributed by atoms with van der Waals surface area (Å²) >= 11 is 6.18. The van der Waals surface area contributed by atoms with Gasteiger partial charge in [0.05, 0.1) is 45.7 Å². The molecule has 7 heterocycles. The molecule has 3 fully saturated rings. The van der Waals surface area contributed by atoms with Crippen molar-refractivity contribution in [1.29, 1.82) is 5.26 Å². The first-order chi connectivity index (χ1) is 36.5. The number of piperidine rings is 1. The van der Waals surface area contributed by atoms with Gasteiger partial charge in [-0.3, -0.25) is 19.3 Å². The van der Waals surface area contributed by atoms with Gasteiger partial charge in [-0.05, 0) is 121 Å². The molecule has 5 aromatic rings. The zero-order valence-electron chi connectivity index (χ0n) is 43.5. The lowest BCUT2D eigenvalue weighted by Gasteiger charge is -2.39. The Labute approximate surface area is 445 Å². The van der Waals surface area contributed by atoms with E-state index in [1.54, 1.807) is 52.8 Å². The predicted octanol–water partition coefficient (Wildman–Crippen LogP) is 6.69. The highest BCUT2D eigenvalue weighted by Gasteiger charge is 2.45. The average molecular weight is 1060 g/mol. The smallest absolute Gasteiger partial charge is 0.415 e. The molecule has 0 unspecified atom stereocenters. The molecule has 76 heavy (non-hydrogen) atoms. The van der Waals surface area contributed by atoms with Crippen LogP contribution in [0.15, 0.2) is 59.4 Å². The van der Waals surface area contributed by atoms with Crippen molar-refractivity contribution in [1.82, 2.24) is 39.8 Å². The molecule has 0 bridgehead atoms. The first kappa shape index (κ1) is 52.3. The first-order valence-electron chi connectivity index (χ1n) is 26.4. The summed E-state index contributed by atoms with van der Waals surface area (Å²) < 4.78 is 19.2. The zero-order chi connectivity index (χ0) is 53.6. The number of rotatable bonds is 12. The maximum atomic E-state index is 14.0. The topological polar surface area (TPSA) is 226 Å². The number of hydrogen-bond acceptors (Lipinski definition) is 15. The van der Waals surface area contributed by atoms with Gasteiger partial charge in [-0.1, -0.05) is 18.5 Å². The average Bonchev–Trinajstić information content (AvgIpc) is 3.82. The van der Waals surface area contributed by atoms with Crippen LogP contribution in [0.1, 0.15) is 118 Å². The second-order valence-corrected chi connectivity index (χ2v) is 21.5. The number of fused-ring (bicyclic) bond motifs is 5. The summed E-state index contributed by atoms with van der Waals surface area (Å²) in [6.45, 7) is 13.3. The third kappa shape index (κ3) is 10.2. The van der Waals surface area contributed by atoms with Crippen LogP contribution in [0.5, 0.6) is 11.5 Å². The van der Waals surface area contributed by atoms with Crippen molar-refractivity contribution in [3.05, 3.63) is 103 Å². The molecule has 20 heteroatoms. The Kier molecular flexibility index (Phi) is 14.8. The molecular formula is C56H63ClN10O9. The van der Waals surface area contributed by atoms with Crippen LogP contribution in [-0.4, -0.2) is 127 Å². The molecular weight excluding hydrogens is 992 g/mol. The maximum absolute atomic E-state index is 14.0. The molecule has 3 amide bonds. The van der Waals surface area contributed by atoms with Gasteiger partial charge in [0.1, 0.15) is 24.2 Å². The fraction of sp³-hybridized carbons (Fsp3) is 0.482. The highest BCUT2D eigenvalue weighted by molar-refractivity contribution is 6.31. The maximum Gasteiger partial charge on any atom is 0.415 e. The fourth-order valence-corrected chi connectivity index (χ4v) is 11.7. The van der Waals surface area contributed by atoms with Crippen LogP contribution in [0.3, 0.4) is 0 Å². The Morgan fingerprint density at radius 2 is 1.67 bits per heavy atom. The fourth-order valence-electron chi connectivity index (χ4n) is 11.5. The van der Waals surface area contributed by atoms with Gasteiger partial charge in [0.2, 0.25) is 5.91 Å². The lowest BCUT2D eigenvalue weighted by molar-refractivity contribution is -0.172. The third-order valence-corrected chi connectivity index (χ3v) is 16.1. The summed E-state index contributed by atoms with van der Waals surface area (Å²) in [5.74, 6) is 0.607. The number of ether oxygens (including phenoxy) is 3. The van der Waals surface area contributed by atoms with E-state index >= 15 is 0 Å². The van der Waals surface area contributed by atoms with Crippen LogP contribution in [0, 0.1) is 17.2 Å². The van der Waals surface area contributed by atoms with Crippen LogP contribution in [0.2, 0.25) is 5.02 Å². The highest BCUT2D eigenvalue weighted by atomic mass is 35.5. The van der Waals surface area contributed by atoms with E-state index in [-0.39, 0.29) is 83.9 Å². The van der Waals surface area contributed by atoms with Crippen molar-refractivity contribution in [2.45, 2.75) is 129 Å². The lowest BCUT2D eigenvalue weighted by Crippen LogP contribution is -2.51. The molecule has 0 spiro atoms. The Balaban J connectivity index is 0.760. The van der Waals surface area contributed by atoms with Crippen LogP contribution in [0.25, 0.3) is 22.3 Å². The number of aromatic nitrogens is 4. The number of piperazine rings is 1. The summed E-state index contributed by atoms with van der Waals surface area (Å²) in [7, 11) is 0.